The first-order valence-corrected chi connectivity index (χ1v) is 5.53. The molecule has 10 heteroatoms. The van der Waals surface area contributed by atoms with E-state index in [1.165, 1.54) is 0 Å². The summed E-state index contributed by atoms with van der Waals surface area (Å²) in [4.78, 5) is 22.5. The molecule has 0 aliphatic carbocycles. The molecule has 2 rings (SSSR count). The second-order valence-corrected chi connectivity index (χ2v) is 4.04. The molecule has 1 aromatic heterocycles. The van der Waals surface area contributed by atoms with E-state index in [9.17, 15) is 32.3 Å². The van der Waals surface area contributed by atoms with Crippen LogP contribution in [0.5, 0.6) is 0 Å². The number of pyridine rings is 1. The van der Waals surface area contributed by atoms with Crippen LogP contribution in [0.3, 0.4) is 0 Å². The fourth-order valence-corrected chi connectivity index (χ4v) is 1.99. The fourth-order valence-electron chi connectivity index (χ4n) is 1.99. The molecule has 2 aromatic rings. The molecule has 22 heavy (non-hydrogen) atoms. The van der Waals surface area contributed by atoms with Crippen molar-refractivity contribution in [3.8, 4) is 0 Å². The minimum absolute atomic E-state index is 0. The van der Waals surface area contributed by atoms with Crippen LogP contribution in [-0.2, 0) is 6.54 Å². The number of nitrogens with zero attached hydrogens (tertiary/aromatic N) is 1. The van der Waals surface area contributed by atoms with Crippen LogP contribution in [0.1, 0.15) is 10.5 Å². The monoisotopic (exact) mass is 343 g/mol. The Kier molecular flexibility index (Phi) is 6.30. The third-order valence-electron chi connectivity index (χ3n) is 2.85. The van der Waals surface area contributed by atoms with E-state index in [1.54, 1.807) is 0 Å². The fraction of sp³-hybridized carbons (Fsp3) is 0.167. The smallest absolute Gasteiger partial charge is 0.543 e. The van der Waals surface area contributed by atoms with Crippen molar-refractivity contribution < 1.29 is 84.0 Å². The first-order valence-electron chi connectivity index (χ1n) is 5.53. The van der Waals surface area contributed by atoms with Crippen LogP contribution in [0.15, 0.2) is 10.9 Å². The van der Waals surface area contributed by atoms with E-state index in [1.807, 2.05) is 0 Å². The van der Waals surface area contributed by atoms with Crippen LogP contribution in [0.2, 0.25) is 0 Å². The van der Waals surface area contributed by atoms with Gasteiger partial charge in [0.15, 0.2) is 28.7 Å². The Bertz CT molecular complexity index is 821. The van der Waals surface area contributed by atoms with Crippen molar-refractivity contribution in [3.63, 3.8) is 0 Å². The molecule has 5 nitrogen and oxygen atoms in total. The van der Waals surface area contributed by atoms with Gasteiger partial charge in [0.2, 0.25) is 0 Å². The van der Waals surface area contributed by atoms with Crippen LogP contribution in [0.25, 0.3) is 10.9 Å². The number of benzene rings is 1. The predicted octanol–water partition coefficient (Wildman–Crippen LogP) is -3.08. The Balaban J connectivity index is 0.00000242. The number of aromatic carboxylic acids is 1. The zero-order valence-electron chi connectivity index (χ0n) is 11.1. The summed E-state index contributed by atoms with van der Waals surface area (Å²) in [6, 6.07) is 0.382. The second kappa shape index (κ2) is 7.19. The number of hydrogen-bond acceptors (Lipinski definition) is 4. The van der Waals surface area contributed by atoms with Gasteiger partial charge in [-0.2, -0.15) is 0 Å². The third kappa shape index (κ3) is 2.99. The molecule has 1 heterocycles. The number of aromatic nitrogens is 1. The van der Waals surface area contributed by atoms with Crippen molar-refractivity contribution in [1.29, 1.82) is 0 Å². The number of aliphatic hydroxyl groups excluding tert-OH is 1. The summed E-state index contributed by atoms with van der Waals surface area (Å²) >= 11 is 0. The molecule has 0 atom stereocenters. The maximum atomic E-state index is 13.8. The second-order valence-electron chi connectivity index (χ2n) is 4.04. The van der Waals surface area contributed by atoms with Crippen LogP contribution in [0.4, 0.5) is 17.6 Å². The van der Waals surface area contributed by atoms with Gasteiger partial charge >= 0.3 is 51.4 Å². The Morgan fingerprint density at radius 3 is 2.18 bits per heavy atom. The van der Waals surface area contributed by atoms with Crippen molar-refractivity contribution in [2.24, 2.45) is 0 Å². The Morgan fingerprint density at radius 2 is 1.68 bits per heavy atom. The number of carbonyl (C=O) groups is 1. The maximum absolute atomic E-state index is 13.8. The van der Waals surface area contributed by atoms with Crippen molar-refractivity contribution in [1.82, 2.24) is 4.57 Å². The number of hydrogen-bond donors (Lipinski definition) is 1. The van der Waals surface area contributed by atoms with E-state index in [4.69, 9.17) is 5.11 Å². The van der Waals surface area contributed by atoms with Crippen LogP contribution in [0, 0.1) is 23.3 Å². The van der Waals surface area contributed by atoms with E-state index in [0.29, 0.717) is 10.6 Å². The van der Waals surface area contributed by atoms with Crippen LogP contribution >= 0.6 is 0 Å². The molecule has 112 valence electrons. The van der Waals surface area contributed by atoms with E-state index in [-0.39, 0.29) is 51.4 Å². The van der Waals surface area contributed by atoms with Gasteiger partial charge in [-0.05, 0) is 0 Å². The average molecular weight is 343 g/mol. The van der Waals surface area contributed by atoms with Gasteiger partial charge in [0.1, 0.15) is 0 Å². The Labute approximate surface area is 162 Å². The van der Waals surface area contributed by atoms with Gasteiger partial charge in [0.05, 0.1) is 29.2 Å². The number of rotatable bonds is 3. The number of aliphatic hydroxyl groups is 1. The van der Waals surface area contributed by atoms with E-state index >= 15 is 0 Å². The first-order chi connectivity index (χ1) is 9.81. The third-order valence-corrected chi connectivity index (χ3v) is 2.85. The molecule has 0 aliphatic rings. The summed E-state index contributed by atoms with van der Waals surface area (Å²) in [5, 5.41) is 18.6. The van der Waals surface area contributed by atoms with Gasteiger partial charge in [-0.25, -0.2) is 17.6 Å². The minimum Gasteiger partial charge on any atom is -0.543 e. The molecule has 0 spiro atoms. The van der Waals surface area contributed by atoms with E-state index in [0.717, 1.165) is 0 Å². The number of carboxylic acids is 1. The minimum atomic E-state index is -2.19. The molecule has 0 aliphatic heterocycles. The topological polar surface area (TPSA) is 82.4 Å². The molecule has 0 fully saturated rings. The predicted molar refractivity (Wildman–Crippen MR) is 59.5 cm³/mol. The van der Waals surface area contributed by atoms with Crippen LogP contribution < -0.4 is 61.9 Å². The summed E-state index contributed by atoms with van der Waals surface area (Å²) in [7, 11) is 0. The first kappa shape index (κ1) is 19.3. The normalized spacial score (nSPS) is 10.6. The number of halogens is 4. The Morgan fingerprint density at radius 1 is 1.14 bits per heavy atom. The summed E-state index contributed by atoms with van der Waals surface area (Å²) in [6.45, 7) is -1.32. The Hall–Kier alpha value is -0.784. The number of carbonyl (C=O) groups excluding carboxylic acids is 1. The number of fused-ring (bicyclic) bond motifs is 1. The van der Waals surface area contributed by atoms with Gasteiger partial charge in [0, 0.05) is 12.6 Å². The zero-order chi connectivity index (χ0) is 15.9. The molecular formula is C12H6F4KNO4. The maximum Gasteiger partial charge on any atom is 1.00 e. The summed E-state index contributed by atoms with van der Waals surface area (Å²) in [6.07, 6.45) is 0. The molecule has 1 aromatic carbocycles. The summed E-state index contributed by atoms with van der Waals surface area (Å²) < 4.78 is 54.3. The molecule has 0 saturated carbocycles. The average Bonchev–Trinajstić information content (AvgIpc) is 2.43. The van der Waals surface area contributed by atoms with Crippen molar-refractivity contribution in [2.75, 3.05) is 6.61 Å². The van der Waals surface area contributed by atoms with Crippen molar-refractivity contribution in [3.05, 3.63) is 45.3 Å². The van der Waals surface area contributed by atoms with Gasteiger partial charge in [-0.1, -0.05) is 0 Å². The number of carboxylic acid groups (broad SMARTS) is 1. The standard InChI is InChI=1S/C12H7F4NO4.K/c13-7-6-5(19)3-4(12(20)21)17(1-2-18)11(6)10(16)9(15)8(7)14;/h3,18H,1-2H2,(H,20,21);/q;+1/p-1. The quantitative estimate of drug-likeness (QED) is 0.277. The molecule has 0 saturated heterocycles. The molecule has 0 unspecified atom stereocenters. The molecule has 0 bridgehead atoms. The van der Waals surface area contributed by atoms with Crippen molar-refractivity contribution in [2.45, 2.75) is 6.54 Å². The largest absolute Gasteiger partial charge is 1.00 e. The molecular weight excluding hydrogens is 337 g/mol. The van der Waals surface area contributed by atoms with Gasteiger partial charge in [-0.3, -0.25) is 4.79 Å². The summed E-state index contributed by atoms with van der Waals surface area (Å²) in [5.41, 5.74) is -3.34. The molecule has 0 radical (unpaired) electrons. The zero-order valence-corrected chi connectivity index (χ0v) is 14.2. The van der Waals surface area contributed by atoms with Crippen molar-refractivity contribution >= 4 is 16.9 Å². The van der Waals surface area contributed by atoms with Gasteiger partial charge in [0.25, 0.3) is 0 Å². The molecule has 1 N–H and O–H groups in total. The van der Waals surface area contributed by atoms with E-state index < -0.39 is 64.4 Å². The SMILES string of the molecule is O=C([O-])c1cc(=O)c2c(F)c(F)c(F)c(F)c2n1CCO.[K+]. The van der Waals surface area contributed by atoms with Crippen LogP contribution in [-0.4, -0.2) is 22.2 Å². The van der Waals surface area contributed by atoms with Gasteiger partial charge in [-0.15, -0.1) is 0 Å². The summed E-state index contributed by atoms with van der Waals surface area (Å²) in [5.74, 6) is -10.2. The molecule has 0 amide bonds. The van der Waals surface area contributed by atoms with E-state index in [2.05, 4.69) is 0 Å². The van der Waals surface area contributed by atoms with Gasteiger partial charge < -0.3 is 19.6 Å².